The second-order valence-corrected chi connectivity index (χ2v) is 14.2. The molecule has 5 heteroatoms. The van der Waals surface area contributed by atoms with E-state index < -0.39 is 0 Å². The Morgan fingerprint density at radius 2 is 1.06 bits per heavy atom. The van der Waals surface area contributed by atoms with E-state index in [4.69, 9.17) is 9.97 Å². The molecule has 0 unspecified atom stereocenters. The van der Waals surface area contributed by atoms with E-state index in [-0.39, 0.29) is 0 Å². The van der Waals surface area contributed by atoms with E-state index in [0.29, 0.717) is 0 Å². The minimum absolute atomic E-state index is 0.845. The number of hydrogen-bond acceptors (Lipinski definition) is 4. The lowest BCUT2D eigenvalue weighted by Crippen LogP contribution is -2.04. The lowest BCUT2D eigenvalue weighted by Gasteiger charge is -2.15. The van der Waals surface area contributed by atoms with Crippen molar-refractivity contribution < 1.29 is 0 Å². The Morgan fingerprint density at radius 1 is 0.426 bits per heavy atom. The summed E-state index contributed by atoms with van der Waals surface area (Å²) in [7, 11) is 0. The Bertz CT molecular complexity index is 3070. The first-order valence-corrected chi connectivity index (χ1v) is 17.4. The van der Waals surface area contributed by atoms with Gasteiger partial charge in [-0.3, -0.25) is 4.57 Å². The maximum Gasteiger partial charge on any atom is 0.165 e. The van der Waals surface area contributed by atoms with Crippen molar-refractivity contribution in [1.29, 1.82) is 0 Å². The molecular formula is C42H23N3S2. The third-order valence-corrected chi connectivity index (χ3v) is 11.9. The Kier molecular flexibility index (Phi) is 5.14. The molecule has 11 rings (SSSR count). The van der Waals surface area contributed by atoms with Crippen LogP contribution in [0.4, 0.5) is 0 Å². The second kappa shape index (κ2) is 9.46. The van der Waals surface area contributed by atoms with Gasteiger partial charge in [0, 0.05) is 67.5 Å². The molecule has 3 nitrogen and oxygen atoms in total. The van der Waals surface area contributed by atoms with Crippen LogP contribution < -0.4 is 0 Å². The van der Waals surface area contributed by atoms with Crippen molar-refractivity contribution in [2.24, 2.45) is 0 Å². The summed E-state index contributed by atoms with van der Waals surface area (Å²) in [6, 6.07) is 50.0. The van der Waals surface area contributed by atoms with E-state index in [2.05, 4.69) is 132 Å². The van der Waals surface area contributed by atoms with Crippen LogP contribution in [-0.4, -0.2) is 14.5 Å². The van der Waals surface area contributed by atoms with Crippen LogP contribution in [0.5, 0.6) is 0 Å². The molecule has 218 valence electrons. The summed E-state index contributed by atoms with van der Waals surface area (Å²) in [5, 5.41) is 10.4. The fraction of sp³-hybridized carbons (Fsp3) is 0. The normalized spacial score (nSPS) is 12.3. The molecule has 7 aromatic carbocycles. The summed E-state index contributed by atoms with van der Waals surface area (Å²) in [6.07, 6.45) is 0. The first-order chi connectivity index (χ1) is 23.3. The molecule has 47 heavy (non-hydrogen) atoms. The Morgan fingerprint density at radius 3 is 1.87 bits per heavy atom. The van der Waals surface area contributed by atoms with E-state index >= 15 is 0 Å². The number of rotatable bonds is 2. The molecule has 0 saturated heterocycles. The zero-order valence-electron chi connectivity index (χ0n) is 24.9. The highest BCUT2D eigenvalue weighted by atomic mass is 32.1. The number of para-hydroxylation sites is 3. The van der Waals surface area contributed by atoms with Crippen LogP contribution in [0, 0.1) is 0 Å². The van der Waals surface area contributed by atoms with Crippen molar-refractivity contribution in [2.75, 3.05) is 0 Å². The van der Waals surface area contributed by atoms with Crippen molar-refractivity contribution >= 4 is 107 Å². The van der Waals surface area contributed by atoms with Gasteiger partial charge >= 0.3 is 0 Å². The first kappa shape index (κ1) is 25.6. The average molecular weight is 634 g/mol. The Labute approximate surface area is 276 Å². The molecule has 0 atom stereocenters. The summed E-state index contributed by atoms with van der Waals surface area (Å²) >= 11 is 3.78. The van der Waals surface area contributed by atoms with Crippen LogP contribution in [0.3, 0.4) is 0 Å². The molecule has 0 saturated carbocycles. The maximum atomic E-state index is 5.43. The SMILES string of the molecule is c1ccc(-c2nc3ccccc3nc2-n2c3ccccc3c3c4sc5ccccc5c4c4c(ccc5sc6ccccc6c54)c32)cc1. The fourth-order valence-corrected chi connectivity index (χ4v) is 10.0. The molecule has 0 N–H and O–H groups in total. The standard InChI is InChI=1S/C42H23N3S2/c1-2-12-24(13-3-1)39-42(44-30-18-8-7-17-29(30)43-39)45-31-19-9-4-14-25(31)38-40(45)28-22-23-34-35(26-15-5-10-20-32(26)46-34)36(28)37-27-16-6-11-21-33(27)47-41(37)38/h1-23H. The van der Waals surface area contributed by atoms with E-state index in [1.165, 1.54) is 67.4 Å². The van der Waals surface area contributed by atoms with Crippen molar-refractivity contribution in [2.45, 2.75) is 0 Å². The van der Waals surface area contributed by atoms with Gasteiger partial charge in [0.05, 0.1) is 22.1 Å². The van der Waals surface area contributed by atoms with E-state index in [1.54, 1.807) is 0 Å². The highest BCUT2D eigenvalue weighted by Gasteiger charge is 2.26. The summed E-state index contributed by atoms with van der Waals surface area (Å²) < 4.78 is 7.66. The van der Waals surface area contributed by atoms with E-state index in [9.17, 15) is 0 Å². The number of hydrogen-bond donors (Lipinski definition) is 0. The van der Waals surface area contributed by atoms with Crippen LogP contribution >= 0.6 is 22.7 Å². The van der Waals surface area contributed by atoms with Crippen LogP contribution in [0.2, 0.25) is 0 Å². The molecule has 0 amide bonds. The lowest BCUT2D eigenvalue weighted by molar-refractivity contribution is 1.08. The number of benzene rings is 7. The van der Waals surface area contributed by atoms with Gasteiger partial charge in [-0.25, -0.2) is 9.97 Å². The molecule has 0 fully saturated rings. The Hall–Kier alpha value is -5.62. The molecule has 0 aliphatic heterocycles. The first-order valence-electron chi connectivity index (χ1n) is 15.8. The molecule has 0 aliphatic rings. The molecule has 0 bridgehead atoms. The number of fused-ring (bicyclic) bond motifs is 15. The maximum absolute atomic E-state index is 5.43. The largest absolute Gasteiger partial charge is 0.291 e. The second-order valence-electron chi connectivity index (χ2n) is 12.1. The summed E-state index contributed by atoms with van der Waals surface area (Å²) in [4.78, 5) is 10.7. The third-order valence-electron chi connectivity index (χ3n) is 9.56. The van der Waals surface area contributed by atoms with E-state index in [1.807, 2.05) is 34.8 Å². The van der Waals surface area contributed by atoms with Crippen LogP contribution in [0.15, 0.2) is 140 Å². The topological polar surface area (TPSA) is 30.7 Å². The zero-order valence-corrected chi connectivity index (χ0v) is 26.6. The van der Waals surface area contributed by atoms with Crippen LogP contribution in [-0.2, 0) is 0 Å². The molecular weight excluding hydrogens is 611 g/mol. The fourth-order valence-electron chi connectivity index (χ4n) is 7.62. The monoisotopic (exact) mass is 633 g/mol. The van der Waals surface area contributed by atoms with Crippen molar-refractivity contribution in [3.63, 3.8) is 0 Å². The highest BCUT2D eigenvalue weighted by molar-refractivity contribution is 7.27. The molecule has 4 heterocycles. The van der Waals surface area contributed by atoms with Crippen molar-refractivity contribution in [1.82, 2.24) is 14.5 Å². The van der Waals surface area contributed by atoms with Crippen molar-refractivity contribution in [3.8, 4) is 17.1 Å². The summed E-state index contributed by atoms with van der Waals surface area (Å²) in [5.41, 5.74) is 6.00. The van der Waals surface area contributed by atoms with Gasteiger partial charge < -0.3 is 0 Å². The van der Waals surface area contributed by atoms with Crippen LogP contribution in [0.1, 0.15) is 0 Å². The Balaban J connectivity index is 1.45. The van der Waals surface area contributed by atoms with Gasteiger partial charge in [-0.05, 0) is 36.4 Å². The van der Waals surface area contributed by atoms with E-state index in [0.717, 1.165) is 33.6 Å². The van der Waals surface area contributed by atoms with Crippen molar-refractivity contribution in [3.05, 3.63) is 140 Å². The average Bonchev–Trinajstić information content (AvgIpc) is 3.81. The summed E-state index contributed by atoms with van der Waals surface area (Å²) in [5.74, 6) is 0.845. The van der Waals surface area contributed by atoms with Gasteiger partial charge in [-0.2, -0.15) is 0 Å². The number of thiophene rings is 2. The van der Waals surface area contributed by atoms with Gasteiger partial charge in [-0.15, -0.1) is 22.7 Å². The van der Waals surface area contributed by atoms with Gasteiger partial charge in [0.1, 0.15) is 5.69 Å². The van der Waals surface area contributed by atoms with Gasteiger partial charge in [0.25, 0.3) is 0 Å². The molecule has 0 aliphatic carbocycles. The molecule has 0 radical (unpaired) electrons. The number of aromatic nitrogens is 3. The van der Waals surface area contributed by atoms with Gasteiger partial charge in [0.2, 0.25) is 0 Å². The number of nitrogens with zero attached hydrogens (tertiary/aromatic N) is 3. The van der Waals surface area contributed by atoms with Gasteiger partial charge in [0.15, 0.2) is 5.82 Å². The van der Waals surface area contributed by atoms with Gasteiger partial charge in [-0.1, -0.05) is 103 Å². The predicted molar refractivity (Wildman–Crippen MR) is 203 cm³/mol. The third kappa shape index (κ3) is 3.45. The predicted octanol–water partition coefficient (Wildman–Crippen LogP) is 12.3. The highest BCUT2D eigenvalue weighted by Crippen LogP contribution is 2.51. The molecule has 11 aromatic rings. The molecule has 4 aromatic heterocycles. The summed E-state index contributed by atoms with van der Waals surface area (Å²) in [6.45, 7) is 0. The molecule has 0 spiro atoms. The minimum Gasteiger partial charge on any atom is -0.291 e. The zero-order chi connectivity index (χ0) is 30.6. The quantitative estimate of drug-likeness (QED) is 0.190. The minimum atomic E-state index is 0.845. The van der Waals surface area contributed by atoms with Crippen LogP contribution in [0.25, 0.3) is 101 Å². The smallest absolute Gasteiger partial charge is 0.165 e. The lowest BCUT2D eigenvalue weighted by atomic mass is 9.96.